The SMILES string of the molecule is O=C(O)[C@H](Cc1cc(Cl)ccc1F)NC(F)(F)F. The molecule has 1 rings (SSSR count). The first kappa shape index (κ1) is 14.7. The Kier molecular flexibility index (Phi) is 4.53. The number of hydrogen-bond donors (Lipinski definition) is 2. The van der Waals surface area contributed by atoms with Gasteiger partial charge in [-0.3, -0.25) is 4.79 Å². The van der Waals surface area contributed by atoms with Gasteiger partial charge in [0, 0.05) is 11.4 Å². The Labute approximate surface area is 104 Å². The zero-order chi connectivity index (χ0) is 13.9. The highest BCUT2D eigenvalue weighted by Crippen LogP contribution is 2.18. The normalized spacial score (nSPS) is 13.4. The lowest BCUT2D eigenvalue weighted by molar-refractivity contribution is -0.174. The predicted molar refractivity (Wildman–Crippen MR) is 55.7 cm³/mol. The average Bonchev–Trinajstić information content (AvgIpc) is 2.20. The minimum atomic E-state index is -4.86. The number of alkyl halides is 3. The molecule has 3 nitrogen and oxygen atoms in total. The van der Waals surface area contributed by atoms with Gasteiger partial charge in [-0.05, 0) is 23.8 Å². The minimum Gasteiger partial charge on any atom is -0.480 e. The van der Waals surface area contributed by atoms with E-state index in [0.717, 1.165) is 17.4 Å². The molecule has 0 aliphatic carbocycles. The summed E-state index contributed by atoms with van der Waals surface area (Å²) in [6.45, 7) is 0. The molecule has 0 fully saturated rings. The summed E-state index contributed by atoms with van der Waals surface area (Å²) in [6.07, 6.45) is -5.53. The smallest absolute Gasteiger partial charge is 0.457 e. The fraction of sp³-hybridized carbons (Fsp3) is 0.300. The van der Waals surface area contributed by atoms with Crippen LogP contribution in [0.4, 0.5) is 17.6 Å². The molecule has 2 N–H and O–H groups in total. The van der Waals surface area contributed by atoms with Gasteiger partial charge < -0.3 is 5.11 Å². The molecule has 0 aromatic heterocycles. The van der Waals surface area contributed by atoms with Crippen LogP contribution in [0.1, 0.15) is 5.56 Å². The summed E-state index contributed by atoms with van der Waals surface area (Å²) in [5, 5.41) is 9.70. The first-order valence-electron chi connectivity index (χ1n) is 4.70. The van der Waals surface area contributed by atoms with Crippen LogP contribution in [0, 0.1) is 5.82 Å². The number of halogens is 5. The summed E-state index contributed by atoms with van der Waals surface area (Å²) in [4.78, 5) is 10.7. The topological polar surface area (TPSA) is 49.3 Å². The second kappa shape index (κ2) is 5.53. The Balaban J connectivity index is 2.90. The Morgan fingerprint density at radius 1 is 1.44 bits per heavy atom. The van der Waals surface area contributed by atoms with E-state index in [-0.39, 0.29) is 10.6 Å². The predicted octanol–water partition coefficient (Wildman–Crippen LogP) is 2.58. The number of carboxylic acid groups (broad SMARTS) is 1. The van der Waals surface area contributed by atoms with Gasteiger partial charge in [-0.2, -0.15) is 13.2 Å². The molecule has 0 saturated heterocycles. The molecule has 0 aliphatic rings. The van der Waals surface area contributed by atoms with E-state index < -0.39 is 30.5 Å². The summed E-state index contributed by atoms with van der Waals surface area (Å²) in [5.41, 5.74) is -0.202. The first-order valence-corrected chi connectivity index (χ1v) is 5.08. The zero-order valence-corrected chi connectivity index (χ0v) is 9.52. The van der Waals surface area contributed by atoms with Crippen LogP contribution >= 0.6 is 11.6 Å². The third-order valence-corrected chi connectivity index (χ3v) is 2.30. The molecule has 0 spiro atoms. The Hall–Kier alpha value is -1.34. The molecular weight excluding hydrogens is 278 g/mol. The van der Waals surface area contributed by atoms with Crippen LogP contribution in [0.3, 0.4) is 0 Å². The van der Waals surface area contributed by atoms with Crippen molar-refractivity contribution in [3.63, 3.8) is 0 Å². The van der Waals surface area contributed by atoms with Crippen molar-refractivity contribution in [2.75, 3.05) is 0 Å². The number of aliphatic carboxylic acids is 1. The van der Waals surface area contributed by atoms with Gasteiger partial charge in [0.2, 0.25) is 0 Å². The van der Waals surface area contributed by atoms with Crippen LogP contribution in [0.2, 0.25) is 5.02 Å². The van der Waals surface area contributed by atoms with Crippen LogP contribution in [0.15, 0.2) is 18.2 Å². The third-order valence-electron chi connectivity index (χ3n) is 2.07. The molecular formula is C10H8ClF4NO2. The zero-order valence-electron chi connectivity index (χ0n) is 8.76. The van der Waals surface area contributed by atoms with Crippen LogP contribution < -0.4 is 5.32 Å². The third kappa shape index (κ3) is 4.50. The van der Waals surface area contributed by atoms with Crippen molar-refractivity contribution in [3.05, 3.63) is 34.6 Å². The van der Waals surface area contributed by atoms with E-state index in [9.17, 15) is 22.4 Å². The molecule has 0 saturated carbocycles. The van der Waals surface area contributed by atoms with Gasteiger partial charge in [0.15, 0.2) is 0 Å². The van der Waals surface area contributed by atoms with Crippen molar-refractivity contribution in [3.8, 4) is 0 Å². The second-order valence-corrected chi connectivity index (χ2v) is 3.91. The highest BCUT2D eigenvalue weighted by atomic mass is 35.5. The van der Waals surface area contributed by atoms with Gasteiger partial charge >= 0.3 is 12.3 Å². The maximum absolute atomic E-state index is 13.3. The van der Waals surface area contributed by atoms with Crippen molar-refractivity contribution in [2.24, 2.45) is 0 Å². The van der Waals surface area contributed by atoms with E-state index in [0.29, 0.717) is 0 Å². The van der Waals surface area contributed by atoms with Crippen molar-refractivity contribution < 1.29 is 27.5 Å². The van der Waals surface area contributed by atoms with E-state index in [1.807, 2.05) is 0 Å². The van der Waals surface area contributed by atoms with Crippen LogP contribution in [0.25, 0.3) is 0 Å². The van der Waals surface area contributed by atoms with Crippen molar-refractivity contribution in [1.82, 2.24) is 5.32 Å². The number of benzene rings is 1. The molecule has 0 bridgehead atoms. The maximum Gasteiger partial charge on any atom is 0.457 e. The van der Waals surface area contributed by atoms with Gasteiger partial charge in [0.25, 0.3) is 0 Å². The minimum absolute atomic E-state index is 0.113. The highest BCUT2D eigenvalue weighted by molar-refractivity contribution is 6.30. The van der Waals surface area contributed by atoms with Crippen molar-refractivity contribution in [1.29, 1.82) is 0 Å². The average molecular weight is 286 g/mol. The lowest BCUT2D eigenvalue weighted by Gasteiger charge is -2.17. The molecule has 0 radical (unpaired) electrons. The fourth-order valence-electron chi connectivity index (χ4n) is 1.32. The molecule has 100 valence electrons. The number of hydrogen-bond acceptors (Lipinski definition) is 2. The molecule has 1 atom stereocenters. The molecule has 1 aromatic rings. The summed E-state index contributed by atoms with van der Waals surface area (Å²) in [7, 11) is 0. The summed E-state index contributed by atoms with van der Waals surface area (Å²) < 4.78 is 49.4. The quantitative estimate of drug-likeness (QED) is 0.660. The number of nitrogens with one attached hydrogen (secondary N) is 1. The van der Waals surface area contributed by atoms with E-state index >= 15 is 0 Å². The lowest BCUT2D eigenvalue weighted by atomic mass is 10.1. The lowest BCUT2D eigenvalue weighted by Crippen LogP contribution is -2.46. The molecule has 0 unspecified atom stereocenters. The number of carbonyl (C=O) groups is 1. The van der Waals surface area contributed by atoms with Gasteiger partial charge in [-0.25, -0.2) is 9.71 Å². The van der Waals surface area contributed by atoms with E-state index in [1.165, 1.54) is 6.07 Å². The second-order valence-electron chi connectivity index (χ2n) is 3.47. The van der Waals surface area contributed by atoms with E-state index in [4.69, 9.17) is 16.7 Å². The van der Waals surface area contributed by atoms with Gasteiger partial charge in [-0.15, -0.1) is 0 Å². The maximum atomic E-state index is 13.3. The standard InChI is InChI=1S/C10H8ClF4NO2/c11-6-1-2-7(12)5(3-6)4-8(9(17)18)16-10(13,14)15/h1-3,8,16H,4H2,(H,17,18)/t8-/m0/s1. The van der Waals surface area contributed by atoms with Crippen LogP contribution in [-0.4, -0.2) is 23.4 Å². The van der Waals surface area contributed by atoms with Crippen LogP contribution in [0.5, 0.6) is 0 Å². The summed E-state index contributed by atoms with van der Waals surface area (Å²) in [6, 6.07) is 1.29. The molecule has 0 heterocycles. The first-order chi connectivity index (χ1) is 8.19. The summed E-state index contributed by atoms with van der Waals surface area (Å²) in [5.74, 6) is -2.54. The number of rotatable bonds is 4. The van der Waals surface area contributed by atoms with E-state index in [2.05, 4.69) is 0 Å². The van der Waals surface area contributed by atoms with Gasteiger partial charge in [0.05, 0.1) is 0 Å². The molecule has 0 aliphatic heterocycles. The molecule has 0 amide bonds. The largest absolute Gasteiger partial charge is 0.480 e. The molecule has 8 heteroatoms. The highest BCUT2D eigenvalue weighted by Gasteiger charge is 2.34. The Morgan fingerprint density at radius 2 is 2.06 bits per heavy atom. The van der Waals surface area contributed by atoms with E-state index in [1.54, 1.807) is 0 Å². The summed E-state index contributed by atoms with van der Waals surface area (Å²) >= 11 is 5.56. The fourth-order valence-corrected chi connectivity index (χ4v) is 1.51. The number of carboxylic acids is 1. The Morgan fingerprint density at radius 3 is 2.56 bits per heavy atom. The van der Waals surface area contributed by atoms with Crippen molar-refractivity contribution >= 4 is 17.6 Å². The van der Waals surface area contributed by atoms with Crippen LogP contribution in [-0.2, 0) is 11.2 Å². The van der Waals surface area contributed by atoms with Crippen molar-refractivity contribution in [2.45, 2.75) is 18.8 Å². The van der Waals surface area contributed by atoms with Gasteiger partial charge in [-0.1, -0.05) is 11.6 Å². The molecule has 1 aromatic carbocycles. The molecule has 18 heavy (non-hydrogen) atoms. The van der Waals surface area contributed by atoms with Gasteiger partial charge in [0.1, 0.15) is 11.9 Å². The Bertz CT molecular complexity index is 450. The monoisotopic (exact) mass is 285 g/mol.